The number of carbonyl (C=O) groups excluding carboxylic acids is 1. The fourth-order valence-corrected chi connectivity index (χ4v) is 3.20. The number of rotatable bonds is 4. The quantitative estimate of drug-likeness (QED) is 0.789. The van der Waals surface area contributed by atoms with Gasteiger partial charge in [-0.05, 0) is 72.7 Å². The molecular formula is C22H21NO3. The summed E-state index contributed by atoms with van der Waals surface area (Å²) in [6.07, 6.45) is 6.88. The maximum Gasteiger partial charge on any atom is 0.335 e. The summed E-state index contributed by atoms with van der Waals surface area (Å²) < 4.78 is 0. The van der Waals surface area contributed by atoms with E-state index in [4.69, 9.17) is 5.11 Å². The number of hydrogen-bond acceptors (Lipinski definition) is 2. The summed E-state index contributed by atoms with van der Waals surface area (Å²) in [5.41, 5.74) is 5.54. The van der Waals surface area contributed by atoms with Crippen LogP contribution < -0.4 is 5.32 Å². The summed E-state index contributed by atoms with van der Waals surface area (Å²) in [5.74, 6) is -1.22. The number of hydrogen-bond donors (Lipinski definition) is 2. The molecule has 4 heteroatoms. The van der Waals surface area contributed by atoms with Crippen molar-refractivity contribution in [3.63, 3.8) is 0 Å². The molecule has 2 aromatic rings. The topological polar surface area (TPSA) is 66.4 Å². The second-order valence-electron chi connectivity index (χ2n) is 6.44. The molecule has 4 nitrogen and oxygen atoms in total. The van der Waals surface area contributed by atoms with E-state index in [9.17, 15) is 9.59 Å². The van der Waals surface area contributed by atoms with Crippen molar-refractivity contribution in [1.29, 1.82) is 0 Å². The van der Waals surface area contributed by atoms with Crippen LogP contribution in [0, 0.1) is 0 Å². The molecule has 26 heavy (non-hydrogen) atoms. The molecular weight excluding hydrogens is 326 g/mol. The molecule has 132 valence electrons. The van der Waals surface area contributed by atoms with Gasteiger partial charge in [0.1, 0.15) is 0 Å². The molecule has 0 unspecified atom stereocenters. The van der Waals surface area contributed by atoms with Crippen molar-refractivity contribution in [3.05, 3.63) is 82.9 Å². The minimum Gasteiger partial charge on any atom is -0.478 e. The monoisotopic (exact) mass is 347 g/mol. The zero-order valence-electron chi connectivity index (χ0n) is 14.7. The highest BCUT2D eigenvalue weighted by Crippen LogP contribution is 2.31. The third-order valence-electron chi connectivity index (χ3n) is 4.42. The molecule has 0 aromatic heterocycles. The number of carboxylic acids is 1. The number of aryl methyl sites for hydroxylation is 1. The maximum absolute atomic E-state index is 12.2. The van der Waals surface area contributed by atoms with Crippen molar-refractivity contribution >= 4 is 23.1 Å². The molecule has 2 aromatic carbocycles. The summed E-state index contributed by atoms with van der Waals surface area (Å²) in [7, 11) is 0. The van der Waals surface area contributed by atoms with Gasteiger partial charge in [0, 0.05) is 11.8 Å². The Hall–Kier alpha value is -3.14. The molecule has 3 rings (SSSR count). The summed E-state index contributed by atoms with van der Waals surface area (Å²) in [6.45, 7) is 1.91. The number of aromatic carboxylic acids is 1. The lowest BCUT2D eigenvalue weighted by Gasteiger charge is -2.19. The lowest BCUT2D eigenvalue weighted by Crippen LogP contribution is -2.09. The number of amides is 1. The Kier molecular flexibility index (Phi) is 5.32. The molecule has 0 heterocycles. The van der Waals surface area contributed by atoms with Gasteiger partial charge in [0.25, 0.3) is 0 Å². The average Bonchev–Trinajstić information content (AvgIpc) is 2.62. The lowest BCUT2D eigenvalue weighted by atomic mass is 9.86. The van der Waals surface area contributed by atoms with Gasteiger partial charge in [-0.3, -0.25) is 4.79 Å². The van der Waals surface area contributed by atoms with E-state index in [0.717, 1.165) is 24.8 Å². The molecule has 0 radical (unpaired) electrons. The third-order valence-corrected chi connectivity index (χ3v) is 4.42. The number of fused-ring (bicyclic) bond motifs is 1. The average molecular weight is 347 g/mol. The van der Waals surface area contributed by atoms with Gasteiger partial charge in [0.2, 0.25) is 5.91 Å². The van der Waals surface area contributed by atoms with E-state index in [0.29, 0.717) is 5.69 Å². The summed E-state index contributed by atoms with van der Waals surface area (Å²) in [6, 6.07) is 14.5. The first-order valence-corrected chi connectivity index (χ1v) is 8.64. The van der Waals surface area contributed by atoms with Crippen LogP contribution in [0.5, 0.6) is 0 Å². The molecule has 0 atom stereocenters. The number of carboxylic acid groups (broad SMARTS) is 1. The van der Waals surface area contributed by atoms with Gasteiger partial charge in [-0.25, -0.2) is 4.79 Å². The molecule has 0 fully saturated rings. The number of anilines is 1. The van der Waals surface area contributed by atoms with Crippen molar-refractivity contribution in [2.45, 2.75) is 26.2 Å². The van der Waals surface area contributed by atoms with E-state index in [1.807, 2.05) is 13.0 Å². The predicted molar refractivity (Wildman–Crippen MR) is 103 cm³/mol. The zero-order valence-corrected chi connectivity index (χ0v) is 14.7. The van der Waals surface area contributed by atoms with Gasteiger partial charge < -0.3 is 10.4 Å². The normalized spacial score (nSPS) is 15.4. The summed E-state index contributed by atoms with van der Waals surface area (Å²) >= 11 is 0. The van der Waals surface area contributed by atoms with E-state index in [1.165, 1.54) is 28.8 Å². The first kappa shape index (κ1) is 17.7. The highest BCUT2D eigenvalue weighted by molar-refractivity contribution is 6.00. The lowest BCUT2D eigenvalue weighted by molar-refractivity contribution is -0.111. The van der Waals surface area contributed by atoms with Gasteiger partial charge >= 0.3 is 5.97 Å². The molecule has 2 N–H and O–H groups in total. The van der Waals surface area contributed by atoms with Crippen molar-refractivity contribution in [2.24, 2.45) is 0 Å². The largest absolute Gasteiger partial charge is 0.478 e. The summed E-state index contributed by atoms with van der Waals surface area (Å²) in [4.78, 5) is 23.0. The predicted octanol–water partition coefficient (Wildman–Crippen LogP) is 4.69. The standard InChI is InChI=1S/C22H21NO3/c1-15(13-18-7-4-6-16-5-2-3-8-20(16)18)14-21(24)23-19-11-9-17(10-12-19)22(25)26/h2-3,5,8-14H,4,6-7H2,1H3,(H,23,24)(H,25,26)/b15-14-,18-13+. The number of nitrogens with one attached hydrogen (secondary N) is 1. The van der Waals surface area contributed by atoms with Crippen LogP contribution in [0.3, 0.4) is 0 Å². The van der Waals surface area contributed by atoms with Crippen molar-refractivity contribution < 1.29 is 14.7 Å². The second-order valence-corrected chi connectivity index (χ2v) is 6.44. The van der Waals surface area contributed by atoms with Crippen LogP contribution in [0.2, 0.25) is 0 Å². The number of carbonyl (C=O) groups is 2. The van der Waals surface area contributed by atoms with Crippen LogP contribution in [-0.2, 0) is 11.2 Å². The molecule has 1 amide bonds. The fraction of sp³-hybridized carbons (Fsp3) is 0.182. The first-order chi connectivity index (χ1) is 12.5. The van der Waals surface area contributed by atoms with Crippen LogP contribution in [-0.4, -0.2) is 17.0 Å². The second kappa shape index (κ2) is 7.83. The Morgan fingerprint density at radius 1 is 1.04 bits per heavy atom. The minimum absolute atomic E-state index is 0.190. The van der Waals surface area contributed by atoms with E-state index in [2.05, 4.69) is 29.6 Å². The third kappa shape index (κ3) is 4.28. The molecule has 0 saturated carbocycles. The van der Waals surface area contributed by atoms with E-state index in [-0.39, 0.29) is 11.5 Å². The zero-order chi connectivity index (χ0) is 18.5. The number of benzene rings is 2. The van der Waals surface area contributed by atoms with Crippen molar-refractivity contribution in [3.8, 4) is 0 Å². The van der Waals surface area contributed by atoms with Gasteiger partial charge in [0.05, 0.1) is 5.56 Å². The molecule has 1 aliphatic rings. The van der Waals surface area contributed by atoms with E-state index >= 15 is 0 Å². The van der Waals surface area contributed by atoms with Gasteiger partial charge in [0.15, 0.2) is 0 Å². The molecule has 0 saturated heterocycles. The fourth-order valence-electron chi connectivity index (χ4n) is 3.20. The van der Waals surface area contributed by atoms with Gasteiger partial charge in [-0.2, -0.15) is 0 Å². The van der Waals surface area contributed by atoms with Crippen LogP contribution in [0.1, 0.15) is 41.3 Å². The Morgan fingerprint density at radius 3 is 2.50 bits per heavy atom. The van der Waals surface area contributed by atoms with E-state index < -0.39 is 5.97 Å². The Labute approximate surface area is 152 Å². The van der Waals surface area contributed by atoms with Crippen LogP contribution in [0.25, 0.3) is 5.57 Å². The first-order valence-electron chi connectivity index (χ1n) is 8.64. The van der Waals surface area contributed by atoms with Gasteiger partial charge in [-0.15, -0.1) is 0 Å². The van der Waals surface area contributed by atoms with Gasteiger partial charge in [-0.1, -0.05) is 30.3 Å². The van der Waals surface area contributed by atoms with Crippen molar-refractivity contribution in [1.82, 2.24) is 0 Å². The molecule has 0 spiro atoms. The SMILES string of the molecule is CC(=C/C(=O)Nc1ccc(C(=O)O)cc1)/C=C1\CCCc2ccccc21. The highest BCUT2D eigenvalue weighted by atomic mass is 16.4. The van der Waals surface area contributed by atoms with E-state index in [1.54, 1.807) is 18.2 Å². The Balaban J connectivity index is 1.71. The minimum atomic E-state index is -0.988. The Bertz CT molecular complexity index is 892. The molecule has 0 aliphatic heterocycles. The summed E-state index contributed by atoms with van der Waals surface area (Å²) in [5, 5.41) is 11.7. The van der Waals surface area contributed by atoms with Crippen molar-refractivity contribution in [2.75, 3.05) is 5.32 Å². The van der Waals surface area contributed by atoms with Crippen LogP contribution in [0.15, 0.2) is 66.3 Å². The smallest absolute Gasteiger partial charge is 0.335 e. The maximum atomic E-state index is 12.2. The number of allylic oxidation sites excluding steroid dienone is 3. The highest BCUT2D eigenvalue weighted by Gasteiger charge is 2.13. The van der Waals surface area contributed by atoms with Crippen LogP contribution in [0.4, 0.5) is 5.69 Å². The van der Waals surface area contributed by atoms with Crippen LogP contribution >= 0.6 is 0 Å². The Morgan fingerprint density at radius 2 is 1.77 bits per heavy atom. The molecule has 0 bridgehead atoms. The molecule has 1 aliphatic carbocycles.